The fraction of sp³-hybridized carbons (Fsp3) is 0.391. The third-order valence-electron chi connectivity index (χ3n) is 5.88. The van der Waals surface area contributed by atoms with E-state index in [1.54, 1.807) is 30.5 Å². The van der Waals surface area contributed by atoms with Crippen molar-refractivity contribution in [1.82, 2.24) is 8.87 Å². The first-order valence-electron chi connectivity index (χ1n) is 10.2. The van der Waals surface area contributed by atoms with E-state index in [0.29, 0.717) is 18.1 Å². The minimum absolute atomic E-state index is 0.238. The highest BCUT2D eigenvalue weighted by Gasteiger charge is 2.29. The number of likely N-dealkylation sites (tertiary alicyclic amines) is 1. The first-order valence-corrected chi connectivity index (χ1v) is 11.7. The molecule has 3 heterocycles. The van der Waals surface area contributed by atoms with Gasteiger partial charge in [0, 0.05) is 19.2 Å². The number of fused-ring (bicyclic) bond motifs is 1. The van der Waals surface area contributed by atoms with Gasteiger partial charge in [-0.1, -0.05) is 30.9 Å². The molecule has 1 saturated heterocycles. The van der Waals surface area contributed by atoms with Crippen LogP contribution in [0.1, 0.15) is 35.2 Å². The molecule has 0 saturated carbocycles. The highest BCUT2D eigenvalue weighted by atomic mass is 32.2. The summed E-state index contributed by atoms with van der Waals surface area (Å²) in [5.41, 5.74) is 3.70. The lowest BCUT2D eigenvalue weighted by atomic mass is 10.1. The van der Waals surface area contributed by atoms with Crippen LogP contribution in [0.2, 0.25) is 0 Å². The third-order valence-corrected chi connectivity index (χ3v) is 7.58. The molecule has 1 aromatic heterocycles. The van der Waals surface area contributed by atoms with Crippen LogP contribution in [-0.2, 0) is 22.9 Å². The first-order chi connectivity index (χ1) is 14.0. The predicted molar refractivity (Wildman–Crippen MR) is 116 cm³/mol. The van der Waals surface area contributed by atoms with Gasteiger partial charge in [0.2, 0.25) is 0 Å². The molecule has 0 aliphatic carbocycles. The van der Waals surface area contributed by atoms with Crippen molar-refractivity contribution in [2.75, 3.05) is 26.2 Å². The Morgan fingerprint density at radius 1 is 1.24 bits per heavy atom. The van der Waals surface area contributed by atoms with Gasteiger partial charge < -0.3 is 9.64 Å². The summed E-state index contributed by atoms with van der Waals surface area (Å²) in [6.07, 6.45) is 11.1. The van der Waals surface area contributed by atoms with E-state index in [0.717, 1.165) is 49.2 Å². The summed E-state index contributed by atoms with van der Waals surface area (Å²) in [6, 6.07) is 5.37. The number of hydrogen-bond acceptors (Lipinski definition) is 4. The largest absolute Gasteiger partial charge is 0.492 e. The number of aromatic nitrogens is 1. The number of para-hydroxylation sites is 1. The van der Waals surface area contributed by atoms with Crippen molar-refractivity contribution in [1.29, 1.82) is 0 Å². The molecule has 2 aromatic rings. The van der Waals surface area contributed by atoms with Crippen LogP contribution >= 0.6 is 0 Å². The average Bonchev–Trinajstić information content (AvgIpc) is 3.45. The standard InChI is InChI=1S/C23H28N2O3S/c1-3-4-9-21-18(2)20(11-15-24-13-5-6-14-24)17-25(21)29(26,27)22-10-7-8-19-12-16-28-23(19)22/h3-4,7-10,17H,1,5-6,11-16H2,2H3/b9-4-. The van der Waals surface area contributed by atoms with Crippen LogP contribution in [0.15, 0.2) is 48.0 Å². The molecule has 0 unspecified atom stereocenters. The maximum atomic E-state index is 13.6. The van der Waals surface area contributed by atoms with Gasteiger partial charge in [0.15, 0.2) is 0 Å². The van der Waals surface area contributed by atoms with Gasteiger partial charge in [-0.15, -0.1) is 0 Å². The molecular formula is C23H28N2O3S. The van der Waals surface area contributed by atoms with E-state index in [-0.39, 0.29) is 4.90 Å². The van der Waals surface area contributed by atoms with E-state index >= 15 is 0 Å². The zero-order chi connectivity index (χ0) is 20.4. The number of benzene rings is 1. The van der Waals surface area contributed by atoms with E-state index in [9.17, 15) is 8.42 Å². The second-order valence-corrected chi connectivity index (χ2v) is 9.49. The monoisotopic (exact) mass is 412 g/mol. The quantitative estimate of drug-likeness (QED) is 0.649. The molecule has 2 aliphatic rings. The van der Waals surface area contributed by atoms with E-state index in [1.165, 1.54) is 16.8 Å². The highest BCUT2D eigenvalue weighted by Crippen LogP contribution is 2.35. The van der Waals surface area contributed by atoms with Crippen LogP contribution in [0.3, 0.4) is 0 Å². The van der Waals surface area contributed by atoms with Gasteiger partial charge >= 0.3 is 0 Å². The topological polar surface area (TPSA) is 51.5 Å². The van der Waals surface area contributed by atoms with Crippen molar-refractivity contribution < 1.29 is 13.2 Å². The van der Waals surface area contributed by atoms with Crippen LogP contribution < -0.4 is 4.74 Å². The number of rotatable bonds is 7. The predicted octanol–water partition coefficient (Wildman–Crippen LogP) is 3.81. The van der Waals surface area contributed by atoms with Gasteiger partial charge in [-0.2, -0.15) is 0 Å². The van der Waals surface area contributed by atoms with Crippen LogP contribution in [0.4, 0.5) is 0 Å². The van der Waals surface area contributed by atoms with Gasteiger partial charge in [0.25, 0.3) is 10.0 Å². The smallest absolute Gasteiger partial charge is 0.271 e. The molecule has 5 nitrogen and oxygen atoms in total. The molecular weight excluding hydrogens is 384 g/mol. The Bertz CT molecular complexity index is 1040. The Labute approximate surface area is 173 Å². The maximum Gasteiger partial charge on any atom is 0.271 e. The Balaban J connectivity index is 1.75. The SMILES string of the molecule is C=C/C=C\c1c(C)c(CCN2CCCC2)cn1S(=O)(=O)c1cccc2c1OCC2. The van der Waals surface area contributed by atoms with Crippen LogP contribution in [0.5, 0.6) is 5.75 Å². The molecule has 154 valence electrons. The number of nitrogens with zero attached hydrogens (tertiary/aromatic N) is 2. The number of ether oxygens (including phenoxy) is 1. The van der Waals surface area contributed by atoms with Crippen molar-refractivity contribution >= 4 is 16.1 Å². The highest BCUT2D eigenvalue weighted by molar-refractivity contribution is 7.90. The Morgan fingerprint density at radius 3 is 2.79 bits per heavy atom. The van der Waals surface area contributed by atoms with E-state index in [1.807, 2.05) is 19.1 Å². The summed E-state index contributed by atoms with van der Waals surface area (Å²) in [4.78, 5) is 2.68. The van der Waals surface area contributed by atoms with E-state index in [2.05, 4.69) is 11.5 Å². The van der Waals surface area contributed by atoms with Gasteiger partial charge in [0.1, 0.15) is 10.6 Å². The lowest BCUT2D eigenvalue weighted by Crippen LogP contribution is -2.22. The zero-order valence-corrected chi connectivity index (χ0v) is 17.7. The number of hydrogen-bond donors (Lipinski definition) is 0. The van der Waals surface area contributed by atoms with E-state index < -0.39 is 10.0 Å². The first kappa shape index (κ1) is 20.0. The van der Waals surface area contributed by atoms with Crippen LogP contribution in [0, 0.1) is 6.92 Å². The van der Waals surface area contributed by atoms with Gasteiger partial charge in [-0.05, 0) is 68.1 Å². The normalized spacial score (nSPS) is 17.0. The number of allylic oxidation sites excluding steroid dienone is 2. The molecule has 0 atom stereocenters. The summed E-state index contributed by atoms with van der Waals surface area (Å²) in [5, 5.41) is 0. The van der Waals surface area contributed by atoms with Crippen molar-refractivity contribution in [3.8, 4) is 5.75 Å². The lowest BCUT2D eigenvalue weighted by Gasteiger charge is -2.13. The summed E-state index contributed by atoms with van der Waals surface area (Å²) in [5.74, 6) is 0.496. The molecule has 4 rings (SSSR count). The Morgan fingerprint density at radius 2 is 2.03 bits per heavy atom. The van der Waals surface area contributed by atoms with Crippen molar-refractivity contribution in [2.24, 2.45) is 0 Å². The minimum atomic E-state index is -3.77. The van der Waals surface area contributed by atoms with Crippen molar-refractivity contribution in [3.63, 3.8) is 0 Å². The van der Waals surface area contributed by atoms with Crippen molar-refractivity contribution in [3.05, 3.63) is 65.5 Å². The molecule has 29 heavy (non-hydrogen) atoms. The maximum absolute atomic E-state index is 13.6. The van der Waals surface area contributed by atoms with Gasteiger partial charge in [-0.25, -0.2) is 12.4 Å². The van der Waals surface area contributed by atoms with Gasteiger partial charge in [0.05, 0.1) is 12.3 Å². The molecule has 0 N–H and O–H groups in total. The summed E-state index contributed by atoms with van der Waals surface area (Å²) in [7, 11) is -3.77. The zero-order valence-electron chi connectivity index (χ0n) is 16.9. The van der Waals surface area contributed by atoms with Gasteiger partial charge in [-0.3, -0.25) is 0 Å². The van der Waals surface area contributed by atoms with Crippen LogP contribution in [-0.4, -0.2) is 43.5 Å². The minimum Gasteiger partial charge on any atom is -0.492 e. The second kappa shape index (κ2) is 8.20. The van der Waals surface area contributed by atoms with E-state index in [4.69, 9.17) is 4.74 Å². The van der Waals surface area contributed by atoms with Crippen LogP contribution in [0.25, 0.3) is 6.08 Å². The van der Waals surface area contributed by atoms with Crippen molar-refractivity contribution in [2.45, 2.75) is 37.5 Å². The lowest BCUT2D eigenvalue weighted by molar-refractivity contribution is 0.343. The third kappa shape index (κ3) is 3.79. The second-order valence-electron chi connectivity index (χ2n) is 7.70. The Hall–Kier alpha value is -2.31. The summed E-state index contributed by atoms with van der Waals surface area (Å²) < 4.78 is 34.3. The molecule has 0 amide bonds. The Kier molecular flexibility index (Phi) is 5.65. The molecule has 6 heteroatoms. The molecule has 1 aromatic carbocycles. The molecule has 0 radical (unpaired) electrons. The fourth-order valence-corrected chi connectivity index (χ4v) is 5.83. The molecule has 2 aliphatic heterocycles. The molecule has 0 spiro atoms. The fourth-order valence-electron chi connectivity index (χ4n) is 4.23. The summed E-state index contributed by atoms with van der Waals surface area (Å²) in [6.45, 7) is 9.48. The average molecular weight is 413 g/mol. The summed E-state index contributed by atoms with van der Waals surface area (Å²) >= 11 is 0. The molecule has 0 bridgehead atoms. The molecule has 1 fully saturated rings.